The molecule has 6 nitrogen and oxygen atoms in total. The SMILES string of the molecule is Cc1ccc(N=Nc2cccc(-c3ccnc(-c4cc(-c5cccc(N=Nc6ccc(C)cc6)c5)ccn4)c3)c2)cc1. The maximum atomic E-state index is 4.62. The van der Waals surface area contributed by atoms with E-state index in [2.05, 4.69) is 68.5 Å². The minimum atomic E-state index is 0.783. The number of nitrogens with zero attached hydrogens (tertiary/aromatic N) is 6. The second kappa shape index (κ2) is 12.3. The lowest BCUT2D eigenvalue weighted by Crippen LogP contribution is -1.89. The van der Waals surface area contributed by atoms with E-state index < -0.39 is 0 Å². The molecule has 0 fully saturated rings. The molecule has 6 heteroatoms. The maximum Gasteiger partial charge on any atom is 0.0892 e. The van der Waals surface area contributed by atoms with Gasteiger partial charge in [-0.25, -0.2) is 0 Å². The summed E-state index contributed by atoms with van der Waals surface area (Å²) in [5, 5.41) is 17.6. The van der Waals surface area contributed by atoms with Gasteiger partial charge in [0.2, 0.25) is 0 Å². The number of hydrogen-bond acceptors (Lipinski definition) is 6. The Bertz CT molecular complexity index is 1750. The van der Waals surface area contributed by atoms with Crippen molar-refractivity contribution in [2.45, 2.75) is 13.8 Å². The molecule has 42 heavy (non-hydrogen) atoms. The van der Waals surface area contributed by atoms with Crippen molar-refractivity contribution in [2.24, 2.45) is 20.5 Å². The van der Waals surface area contributed by atoms with Crippen LogP contribution in [0.25, 0.3) is 33.6 Å². The van der Waals surface area contributed by atoms with E-state index in [1.807, 2.05) is 109 Å². The highest BCUT2D eigenvalue weighted by Gasteiger charge is 2.08. The lowest BCUT2D eigenvalue weighted by molar-refractivity contribution is 1.22. The number of pyridine rings is 2. The molecular weight excluding hydrogens is 516 g/mol. The van der Waals surface area contributed by atoms with Gasteiger partial charge in [-0.2, -0.15) is 20.5 Å². The van der Waals surface area contributed by atoms with Gasteiger partial charge in [-0.3, -0.25) is 9.97 Å². The molecule has 0 unspecified atom stereocenters. The topological polar surface area (TPSA) is 75.2 Å². The third-order valence-corrected chi connectivity index (χ3v) is 6.77. The molecule has 0 N–H and O–H groups in total. The van der Waals surface area contributed by atoms with Crippen molar-refractivity contribution in [1.29, 1.82) is 0 Å². The summed E-state index contributed by atoms with van der Waals surface area (Å²) in [6.07, 6.45) is 3.62. The van der Waals surface area contributed by atoms with Crippen LogP contribution in [0.4, 0.5) is 22.7 Å². The summed E-state index contributed by atoms with van der Waals surface area (Å²) in [6, 6.07) is 40.1. The zero-order chi connectivity index (χ0) is 28.7. The van der Waals surface area contributed by atoms with Crippen molar-refractivity contribution in [1.82, 2.24) is 9.97 Å². The van der Waals surface area contributed by atoms with E-state index in [0.29, 0.717) is 0 Å². The van der Waals surface area contributed by atoms with Crippen LogP contribution >= 0.6 is 0 Å². The molecule has 0 saturated heterocycles. The van der Waals surface area contributed by atoms with Crippen molar-refractivity contribution in [2.75, 3.05) is 0 Å². The van der Waals surface area contributed by atoms with E-state index >= 15 is 0 Å². The Kier molecular flexibility index (Phi) is 7.77. The summed E-state index contributed by atoms with van der Waals surface area (Å²) in [7, 11) is 0. The van der Waals surface area contributed by atoms with Crippen LogP contribution in [0.3, 0.4) is 0 Å². The van der Waals surface area contributed by atoms with Gasteiger partial charge >= 0.3 is 0 Å². The highest BCUT2D eigenvalue weighted by Crippen LogP contribution is 2.31. The van der Waals surface area contributed by atoms with E-state index in [0.717, 1.165) is 56.4 Å². The normalized spacial score (nSPS) is 11.4. The van der Waals surface area contributed by atoms with Crippen LogP contribution in [0.1, 0.15) is 11.1 Å². The third-order valence-electron chi connectivity index (χ3n) is 6.77. The predicted molar refractivity (Wildman–Crippen MR) is 169 cm³/mol. The van der Waals surface area contributed by atoms with Gasteiger partial charge in [-0.1, -0.05) is 59.7 Å². The number of aromatic nitrogens is 2. The largest absolute Gasteiger partial charge is 0.255 e. The Hall–Kier alpha value is -5.62. The lowest BCUT2D eigenvalue weighted by Gasteiger charge is -2.08. The zero-order valence-corrected chi connectivity index (χ0v) is 23.4. The molecule has 4 aromatic carbocycles. The quantitative estimate of drug-likeness (QED) is 0.187. The molecule has 2 heterocycles. The van der Waals surface area contributed by atoms with Gasteiger partial charge in [0.1, 0.15) is 0 Å². The van der Waals surface area contributed by atoms with Gasteiger partial charge in [0.05, 0.1) is 34.1 Å². The highest BCUT2D eigenvalue weighted by atomic mass is 15.1. The maximum absolute atomic E-state index is 4.62. The molecule has 0 atom stereocenters. The molecule has 2 aromatic heterocycles. The van der Waals surface area contributed by atoms with E-state index in [4.69, 9.17) is 0 Å². The molecule has 0 spiro atoms. The Labute approximate surface area is 245 Å². The van der Waals surface area contributed by atoms with Gasteiger partial charge < -0.3 is 0 Å². The molecule has 0 aliphatic heterocycles. The molecule has 202 valence electrons. The minimum Gasteiger partial charge on any atom is -0.255 e. The van der Waals surface area contributed by atoms with E-state index in [1.54, 1.807) is 0 Å². The lowest BCUT2D eigenvalue weighted by atomic mass is 10.0. The van der Waals surface area contributed by atoms with Gasteiger partial charge in [-0.05, 0) is 109 Å². The van der Waals surface area contributed by atoms with Crippen molar-refractivity contribution in [3.63, 3.8) is 0 Å². The molecule has 0 saturated carbocycles. The van der Waals surface area contributed by atoms with Crippen LogP contribution in [0, 0.1) is 13.8 Å². The summed E-state index contributed by atoms with van der Waals surface area (Å²) in [4.78, 5) is 9.25. The number of rotatable bonds is 7. The molecule has 6 rings (SSSR count). The van der Waals surface area contributed by atoms with Crippen molar-refractivity contribution < 1.29 is 0 Å². The van der Waals surface area contributed by atoms with E-state index in [9.17, 15) is 0 Å². The first kappa shape index (κ1) is 26.6. The number of aryl methyl sites for hydroxylation is 2. The standard InChI is InChI=1S/C36H28N6/c1-25-9-13-31(14-10-25)39-41-33-7-3-5-27(21-33)29-17-19-37-35(23-29)36-24-30(18-20-38-36)28-6-4-8-34(22-28)42-40-32-15-11-26(2)12-16-32/h3-24H,1-2H3. The van der Waals surface area contributed by atoms with Gasteiger partial charge in [0.15, 0.2) is 0 Å². The molecule has 0 amide bonds. The molecule has 0 radical (unpaired) electrons. The van der Waals surface area contributed by atoms with E-state index in [1.165, 1.54) is 11.1 Å². The fourth-order valence-corrected chi connectivity index (χ4v) is 4.45. The summed E-state index contributed by atoms with van der Waals surface area (Å²) < 4.78 is 0. The average molecular weight is 545 g/mol. The van der Waals surface area contributed by atoms with Crippen molar-refractivity contribution >= 4 is 22.7 Å². The van der Waals surface area contributed by atoms with Crippen molar-refractivity contribution in [3.05, 3.63) is 145 Å². The second-order valence-electron chi connectivity index (χ2n) is 10.0. The average Bonchev–Trinajstić information content (AvgIpc) is 3.05. The van der Waals surface area contributed by atoms with Gasteiger partial charge in [-0.15, -0.1) is 0 Å². The van der Waals surface area contributed by atoms with Crippen molar-refractivity contribution in [3.8, 4) is 33.6 Å². The van der Waals surface area contributed by atoms with Crippen LogP contribution in [0.2, 0.25) is 0 Å². The molecule has 0 aliphatic carbocycles. The number of hydrogen-bond donors (Lipinski definition) is 0. The highest BCUT2D eigenvalue weighted by molar-refractivity contribution is 5.74. The third kappa shape index (κ3) is 6.57. The predicted octanol–water partition coefficient (Wildman–Crippen LogP) is 10.9. The fraction of sp³-hybridized carbons (Fsp3) is 0.0556. The molecule has 0 aliphatic rings. The van der Waals surface area contributed by atoms with Crippen LogP contribution < -0.4 is 0 Å². The molecular formula is C36H28N6. The van der Waals surface area contributed by atoms with Crippen LogP contribution in [-0.2, 0) is 0 Å². The summed E-state index contributed by atoms with van der Waals surface area (Å²) in [6.45, 7) is 4.11. The smallest absolute Gasteiger partial charge is 0.0892 e. The van der Waals surface area contributed by atoms with Crippen LogP contribution in [0.15, 0.2) is 154 Å². The van der Waals surface area contributed by atoms with Crippen LogP contribution in [-0.4, -0.2) is 9.97 Å². The molecule has 6 aromatic rings. The van der Waals surface area contributed by atoms with Gasteiger partial charge in [0.25, 0.3) is 0 Å². The van der Waals surface area contributed by atoms with Gasteiger partial charge in [0, 0.05) is 12.4 Å². The number of azo groups is 2. The molecule has 0 bridgehead atoms. The Balaban J connectivity index is 1.23. The minimum absolute atomic E-state index is 0.783. The Morgan fingerprint density at radius 2 is 0.762 bits per heavy atom. The monoisotopic (exact) mass is 544 g/mol. The van der Waals surface area contributed by atoms with Crippen LogP contribution in [0.5, 0.6) is 0 Å². The first-order chi connectivity index (χ1) is 20.6. The zero-order valence-electron chi connectivity index (χ0n) is 23.4. The first-order valence-corrected chi connectivity index (χ1v) is 13.7. The first-order valence-electron chi connectivity index (χ1n) is 13.7. The Morgan fingerprint density at radius 3 is 1.19 bits per heavy atom. The fourth-order valence-electron chi connectivity index (χ4n) is 4.45. The number of benzene rings is 4. The summed E-state index contributed by atoms with van der Waals surface area (Å²) in [5.41, 5.74) is 11.3. The van der Waals surface area contributed by atoms with E-state index in [-0.39, 0.29) is 0 Å². The second-order valence-corrected chi connectivity index (χ2v) is 10.0. The summed E-state index contributed by atoms with van der Waals surface area (Å²) >= 11 is 0. The Morgan fingerprint density at radius 1 is 0.381 bits per heavy atom. The summed E-state index contributed by atoms with van der Waals surface area (Å²) in [5.74, 6) is 0.